The maximum atomic E-state index is 10.8. The molecule has 0 bridgehead atoms. The summed E-state index contributed by atoms with van der Waals surface area (Å²) in [4.78, 5) is 14.1. The van der Waals surface area contributed by atoms with E-state index in [4.69, 9.17) is 0 Å². The molecule has 0 aliphatic rings. The monoisotopic (exact) mass is 293 g/mol. The van der Waals surface area contributed by atoms with E-state index in [1.165, 1.54) is 30.0 Å². The molecule has 1 aromatic heterocycles. The summed E-state index contributed by atoms with van der Waals surface area (Å²) in [5.74, 6) is -1.59. The summed E-state index contributed by atoms with van der Waals surface area (Å²) in [5.41, 5.74) is 0.552. The van der Waals surface area contributed by atoms with Crippen LogP contribution < -0.4 is 0 Å². The zero-order chi connectivity index (χ0) is 14.9. The summed E-state index contributed by atoms with van der Waals surface area (Å²) in [6.45, 7) is 5.67. The number of rotatable bonds is 4. The maximum Gasteiger partial charge on any atom is 0.314 e. The quantitative estimate of drug-likeness (QED) is 0.509. The first-order valence-electron chi connectivity index (χ1n) is 5.58. The van der Waals surface area contributed by atoms with Crippen LogP contribution in [0.5, 0.6) is 11.5 Å². The standard InChI is InChI=1S/C12H11N3O4S/c1-6(7(2)12-13-5-14-20-12)8-3-9(15(18)19)11(17)10(16)4-8/h3-6,16-17H,2H2,1H3. The Labute approximate surface area is 118 Å². The van der Waals surface area contributed by atoms with Crippen LogP contribution in [-0.2, 0) is 0 Å². The first-order valence-corrected chi connectivity index (χ1v) is 6.35. The smallest absolute Gasteiger partial charge is 0.314 e. The molecule has 8 heteroatoms. The van der Waals surface area contributed by atoms with E-state index >= 15 is 0 Å². The van der Waals surface area contributed by atoms with Crippen molar-refractivity contribution in [3.05, 3.63) is 45.7 Å². The van der Waals surface area contributed by atoms with Crippen LogP contribution in [0.2, 0.25) is 0 Å². The van der Waals surface area contributed by atoms with Gasteiger partial charge in [-0.05, 0) is 28.7 Å². The second-order valence-corrected chi connectivity index (χ2v) is 4.94. The first kappa shape index (κ1) is 13.9. The molecule has 104 valence electrons. The minimum Gasteiger partial charge on any atom is -0.504 e. The van der Waals surface area contributed by atoms with Crippen molar-refractivity contribution in [3.8, 4) is 11.5 Å². The molecule has 2 N–H and O–H groups in total. The van der Waals surface area contributed by atoms with Crippen molar-refractivity contribution in [3.63, 3.8) is 0 Å². The predicted molar refractivity (Wildman–Crippen MR) is 73.8 cm³/mol. The fraction of sp³-hybridized carbons (Fsp3) is 0.167. The van der Waals surface area contributed by atoms with Crippen molar-refractivity contribution in [2.45, 2.75) is 12.8 Å². The molecule has 0 fully saturated rings. The molecule has 0 aliphatic heterocycles. The fourth-order valence-corrected chi connectivity index (χ4v) is 2.30. The van der Waals surface area contributed by atoms with Gasteiger partial charge in [0.1, 0.15) is 11.3 Å². The van der Waals surface area contributed by atoms with Crippen molar-refractivity contribution in [2.75, 3.05) is 0 Å². The summed E-state index contributed by atoms with van der Waals surface area (Å²) in [5, 5.41) is 30.5. The van der Waals surface area contributed by atoms with Crippen LogP contribution in [0.3, 0.4) is 0 Å². The number of nitro groups is 1. The van der Waals surface area contributed by atoms with Crippen molar-refractivity contribution in [2.24, 2.45) is 0 Å². The van der Waals surface area contributed by atoms with Gasteiger partial charge in [-0.15, -0.1) is 0 Å². The highest BCUT2D eigenvalue weighted by molar-refractivity contribution is 7.06. The van der Waals surface area contributed by atoms with E-state index in [1.807, 2.05) is 0 Å². The van der Waals surface area contributed by atoms with Gasteiger partial charge in [-0.25, -0.2) is 4.98 Å². The van der Waals surface area contributed by atoms with Crippen LogP contribution in [0.1, 0.15) is 23.4 Å². The van der Waals surface area contributed by atoms with Gasteiger partial charge in [-0.2, -0.15) is 4.37 Å². The third kappa shape index (κ3) is 2.45. The molecule has 0 saturated heterocycles. The van der Waals surface area contributed by atoms with E-state index in [-0.39, 0.29) is 5.92 Å². The lowest BCUT2D eigenvalue weighted by atomic mass is 9.93. The SMILES string of the molecule is C=C(c1ncns1)C(C)c1cc(O)c(O)c([N+](=O)[O-])c1. The molecule has 2 aromatic rings. The topological polar surface area (TPSA) is 109 Å². The second-order valence-electron chi connectivity index (χ2n) is 4.16. The van der Waals surface area contributed by atoms with E-state index < -0.39 is 22.1 Å². The van der Waals surface area contributed by atoms with Crippen molar-refractivity contribution in [1.82, 2.24) is 9.36 Å². The molecule has 1 unspecified atom stereocenters. The Hall–Kier alpha value is -2.48. The van der Waals surface area contributed by atoms with Gasteiger partial charge in [0.25, 0.3) is 0 Å². The molecular formula is C12H11N3O4S. The molecule has 0 radical (unpaired) electrons. The van der Waals surface area contributed by atoms with Gasteiger partial charge in [0.2, 0.25) is 5.75 Å². The van der Waals surface area contributed by atoms with Crippen LogP contribution in [0.25, 0.3) is 5.57 Å². The molecule has 1 atom stereocenters. The van der Waals surface area contributed by atoms with Crippen molar-refractivity contribution >= 4 is 22.8 Å². The third-order valence-electron chi connectivity index (χ3n) is 2.95. The number of hydrogen-bond acceptors (Lipinski definition) is 7. The molecule has 0 saturated carbocycles. The van der Waals surface area contributed by atoms with E-state index in [2.05, 4.69) is 15.9 Å². The molecule has 0 amide bonds. The minimum atomic E-state index is -0.751. The third-order valence-corrected chi connectivity index (χ3v) is 3.69. The maximum absolute atomic E-state index is 10.8. The van der Waals surface area contributed by atoms with Crippen LogP contribution in [0.15, 0.2) is 25.0 Å². The van der Waals surface area contributed by atoms with E-state index in [0.29, 0.717) is 16.1 Å². The molecular weight excluding hydrogens is 282 g/mol. The molecule has 7 nitrogen and oxygen atoms in total. The number of nitro benzene ring substituents is 1. The van der Waals surface area contributed by atoms with Crippen LogP contribution in [-0.4, -0.2) is 24.5 Å². The Bertz CT molecular complexity index is 670. The second kappa shape index (κ2) is 5.25. The average molecular weight is 293 g/mol. The summed E-state index contributed by atoms with van der Waals surface area (Å²) in [7, 11) is 0. The Kier molecular flexibility index (Phi) is 3.66. The summed E-state index contributed by atoms with van der Waals surface area (Å²) < 4.78 is 3.87. The van der Waals surface area contributed by atoms with Gasteiger partial charge >= 0.3 is 5.69 Å². The number of phenolic OH excluding ortho intramolecular Hbond substituents is 2. The van der Waals surface area contributed by atoms with Crippen molar-refractivity contribution < 1.29 is 15.1 Å². The van der Waals surface area contributed by atoms with E-state index in [0.717, 1.165) is 0 Å². The number of benzene rings is 1. The van der Waals surface area contributed by atoms with E-state index in [1.54, 1.807) is 6.92 Å². The number of aromatic nitrogens is 2. The Morgan fingerprint density at radius 1 is 1.50 bits per heavy atom. The summed E-state index contributed by atoms with van der Waals surface area (Å²) in [6, 6.07) is 2.49. The number of nitrogens with zero attached hydrogens (tertiary/aromatic N) is 3. The molecule has 2 rings (SSSR count). The Morgan fingerprint density at radius 2 is 2.20 bits per heavy atom. The highest BCUT2D eigenvalue weighted by Gasteiger charge is 2.23. The number of aromatic hydroxyl groups is 2. The van der Waals surface area contributed by atoms with Gasteiger partial charge in [0.15, 0.2) is 5.75 Å². The van der Waals surface area contributed by atoms with E-state index in [9.17, 15) is 20.3 Å². The molecule has 20 heavy (non-hydrogen) atoms. The van der Waals surface area contributed by atoms with Crippen molar-refractivity contribution in [1.29, 1.82) is 0 Å². The lowest BCUT2D eigenvalue weighted by Gasteiger charge is -2.13. The highest BCUT2D eigenvalue weighted by Crippen LogP contribution is 2.40. The lowest BCUT2D eigenvalue weighted by molar-refractivity contribution is -0.386. The van der Waals surface area contributed by atoms with Gasteiger partial charge in [0, 0.05) is 12.0 Å². The van der Waals surface area contributed by atoms with Crippen LogP contribution in [0, 0.1) is 10.1 Å². The predicted octanol–water partition coefficient (Wildman–Crippen LogP) is 2.67. The fourth-order valence-electron chi connectivity index (χ4n) is 1.72. The normalized spacial score (nSPS) is 12.1. The average Bonchev–Trinajstić information content (AvgIpc) is 2.93. The number of allylic oxidation sites excluding steroid dienone is 1. The van der Waals surface area contributed by atoms with Gasteiger partial charge < -0.3 is 10.2 Å². The molecule has 1 heterocycles. The van der Waals surface area contributed by atoms with Gasteiger partial charge in [-0.3, -0.25) is 10.1 Å². The largest absolute Gasteiger partial charge is 0.504 e. The molecule has 1 aromatic carbocycles. The van der Waals surface area contributed by atoms with Crippen LogP contribution in [0.4, 0.5) is 5.69 Å². The van der Waals surface area contributed by atoms with Gasteiger partial charge in [-0.1, -0.05) is 13.5 Å². The lowest BCUT2D eigenvalue weighted by Crippen LogP contribution is -1.98. The number of hydrogen-bond donors (Lipinski definition) is 2. The highest BCUT2D eigenvalue weighted by atomic mass is 32.1. The zero-order valence-electron chi connectivity index (χ0n) is 10.5. The molecule has 0 aliphatic carbocycles. The summed E-state index contributed by atoms with van der Waals surface area (Å²) >= 11 is 1.17. The molecule has 0 spiro atoms. The zero-order valence-corrected chi connectivity index (χ0v) is 11.3. The van der Waals surface area contributed by atoms with Crippen LogP contribution >= 0.6 is 11.5 Å². The minimum absolute atomic E-state index is 0.312. The first-order chi connectivity index (χ1) is 9.41. The Balaban J connectivity index is 2.43. The summed E-state index contributed by atoms with van der Waals surface area (Å²) in [6.07, 6.45) is 1.40. The number of phenols is 2. The van der Waals surface area contributed by atoms with Gasteiger partial charge in [0.05, 0.1) is 4.92 Å². The Morgan fingerprint density at radius 3 is 2.75 bits per heavy atom.